The lowest BCUT2D eigenvalue weighted by molar-refractivity contribution is 1.46. The lowest BCUT2D eigenvalue weighted by Crippen LogP contribution is -1.85. The predicted octanol–water partition coefficient (Wildman–Crippen LogP) is 1.92. The minimum absolute atomic E-state index is 0.726. The molecule has 0 N–H and O–H groups in total. The van der Waals surface area contributed by atoms with Gasteiger partial charge in [-0.1, -0.05) is 18.2 Å². The van der Waals surface area contributed by atoms with Gasteiger partial charge in [0.05, 0.1) is 8.37 Å². The summed E-state index contributed by atoms with van der Waals surface area (Å²) in [6, 6.07) is 9.65. The lowest BCUT2D eigenvalue weighted by atomic mass is 10.4. The second-order valence-electron chi connectivity index (χ2n) is 1.64. The van der Waals surface area contributed by atoms with E-state index in [0.29, 0.717) is 0 Å². The molecule has 2 nitrogen and oxygen atoms in total. The summed E-state index contributed by atoms with van der Waals surface area (Å²) in [6.07, 6.45) is 1.73. The predicted molar refractivity (Wildman–Crippen MR) is 41.0 cm³/mol. The molecule has 0 aromatic heterocycles. The van der Waals surface area contributed by atoms with E-state index in [2.05, 4.69) is 4.74 Å². The van der Waals surface area contributed by atoms with Gasteiger partial charge in [-0.3, -0.25) is 0 Å². The fourth-order valence-corrected chi connectivity index (χ4v) is 1.04. The van der Waals surface area contributed by atoms with Crippen molar-refractivity contribution in [2.45, 2.75) is 0 Å². The molecule has 0 radical (unpaired) electrons. The van der Waals surface area contributed by atoms with Gasteiger partial charge in [0.2, 0.25) is 6.19 Å². The molecule has 1 aromatic carbocycles. The van der Waals surface area contributed by atoms with Crippen LogP contribution in [0.3, 0.4) is 0 Å². The normalized spacial score (nSPS) is 9.50. The van der Waals surface area contributed by atoms with Crippen molar-refractivity contribution in [1.82, 2.24) is 0 Å². The van der Waals surface area contributed by atoms with Gasteiger partial charge in [0, 0.05) is 5.30 Å². The second-order valence-corrected chi connectivity index (χ2v) is 2.55. The first-order valence-electron chi connectivity index (χ1n) is 2.78. The average molecular weight is 148 g/mol. The lowest BCUT2D eigenvalue weighted by Gasteiger charge is -1.84. The van der Waals surface area contributed by atoms with Gasteiger partial charge < -0.3 is 0 Å². The third-order valence-electron chi connectivity index (χ3n) is 0.966. The van der Waals surface area contributed by atoms with Crippen molar-refractivity contribution in [3.05, 3.63) is 30.3 Å². The van der Waals surface area contributed by atoms with Crippen molar-refractivity contribution in [3.63, 3.8) is 0 Å². The standard InChI is InChI=1S/C7H5N2P/c8-6-9-10-7-4-2-1-3-5-7/h1-5H. The Morgan fingerprint density at radius 1 is 1.30 bits per heavy atom. The Morgan fingerprint density at radius 2 is 2.00 bits per heavy atom. The van der Waals surface area contributed by atoms with E-state index in [9.17, 15) is 0 Å². The van der Waals surface area contributed by atoms with Gasteiger partial charge in [-0.2, -0.15) is 10.0 Å². The molecule has 3 heteroatoms. The molecule has 0 atom stereocenters. The van der Waals surface area contributed by atoms with Crippen LogP contribution in [0, 0.1) is 11.5 Å². The molecule has 0 amide bonds. The maximum atomic E-state index is 8.10. The topological polar surface area (TPSA) is 36.1 Å². The van der Waals surface area contributed by atoms with Crippen LogP contribution in [-0.4, -0.2) is 0 Å². The molecule has 0 bridgehead atoms. The van der Waals surface area contributed by atoms with E-state index in [1.54, 1.807) is 6.19 Å². The van der Waals surface area contributed by atoms with E-state index in [0.717, 1.165) is 13.7 Å². The van der Waals surface area contributed by atoms with E-state index < -0.39 is 0 Å². The Hall–Kier alpha value is -1.19. The molecule has 0 aliphatic heterocycles. The van der Waals surface area contributed by atoms with Crippen LogP contribution in [0.1, 0.15) is 0 Å². The van der Waals surface area contributed by atoms with Crippen LogP contribution >= 0.6 is 8.37 Å². The highest BCUT2D eigenvalue weighted by atomic mass is 31.1. The van der Waals surface area contributed by atoms with Crippen molar-refractivity contribution < 1.29 is 0 Å². The van der Waals surface area contributed by atoms with Gasteiger partial charge >= 0.3 is 0 Å². The number of hydrogen-bond acceptors (Lipinski definition) is 2. The molecule has 0 unspecified atom stereocenters. The molecule has 10 heavy (non-hydrogen) atoms. The van der Waals surface area contributed by atoms with Crippen molar-refractivity contribution in [2.75, 3.05) is 0 Å². The molecule has 1 rings (SSSR count). The number of nitriles is 1. The second kappa shape index (κ2) is 3.76. The maximum Gasteiger partial charge on any atom is 0.210 e. The molecule has 0 saturated heterocycles. The minimum Gasteiger partial charge on any atom is -0.170 e. The number of nitrogens with zero attached hydrogens (tertiary/aromatic N) is 2. The zero-order valence-corrected chi connectivity index (χ0v) is 6.12. The molecular weight excluding hydrogens is 143 g/mol. The summed E-state index contributed by atoms with van der Waals surface area (Å²) in [5, 5.41) is 9.15. The Balaban J connectivity index is 2.79. The van der Waals surface area contributed by atoms with Gasteiger partial charge in [-0.05, 0) is 12.1 Å². The highest BCUT2D eigenvalue weighted by Gasteiger charge is 1.81. The number of benzene rings is 1. The summed E-state index contributed by atoms with van der Waals surface area (Å²) in [5.74, 6) is 0. The zero-order chi connectivity index (χ0) is 7.23. The Labute approximate surface area is 61.0 Å². The minimum atomic E-state index is 0.726. The van der Waals surface area contributed by atoms with E-state index in [1.807, 2.05) is 30.3 Å². The third-order valence-corrected chi connectivity index (χ3v) is 1.68. The highest BCUT2D eigenvalue weighted by molar-refractivity contribution is 7.36. The molecular formula is C7H5N2P. The van der Waals surface area contributed by atoms with E-state index >= 15 is 0 Å². The number of hydrogen-bond donors (Lipinski definition) is 0. The largest absolute Gasteiger partial charge is 0.210 e. The first-order chi connectivity index (χ1) is 4.93. The third kappa shape index (κ3) is 1.97. The first kappa shape index (κ1) is 6.92. The van der Waals surface area contributed by atoms with Crippen LogP contribution < -0.4 is 5.30 Å². The van der Waals surface area contributed by atoms with Crippen molar-refractivity contribution in [1.29, 1.82) is 5.26 Å². The quantitative estimate of drug-likeness (QED) is 0.442. The molecule has 0 aliphatic rings. The van der Waals surface area contributed by atoms with Crippen LogP contribution in [0.5, 0.6) is 0 Å². The van der Waals surface area contributed by atoms with Gasteiger partial charge in [0.1, 0.15) is 0 Å². The summed E-state index contributed by atoms with van der Waals surface area (Å²) in [5.41, 5.74) is 0. The molecule has 0 aliphatic carbocycles. The molecule has 0 saturated carbocycles. The number of rotatable bonds is 1. The SMILES string of the molecule is N#CN=Pc1ccccc1. The van der Waals surface area contributed by atoms with Crippen LogP contribution in [0.4, 0.5) is 0 Å². The van der Waals surface area contributed by atoms with Crippen molar-refractivity contribution >= 4 is 13.7 Å². The van der Waals surface area contributed by atoms with Crippen LogP contribution in [0.15, 0.2) is 35.1 Å². The van der Waals surface area contributed by atoms with E-state index in [4.69, 9.17) is 5.26 Å². The van der Waals surface area contributed by atoms with E-state index in [-0.39, 0.29) is 0 Å². The molecule has 0 fully saturated rings. The molecule has 48 valence electrons. The van der Waals surface area contributed by atoms with Crippen LogP contribution in [0.2, 0.25) is 0 Å². The van der Waals surface area contributed by atoms with Crippen molar-refractivity contribution in [2.24, 2.45) is 4.74 Å². The van der Waals surface area contributed by atoms with Gasteiger partial charge in [-0.15, -0.1) is 0 Å². The molecule has 0 heterocycles. The molecule has 1 aromatic rings. The van der Waals surface area contributed by atoms with Gasteiger partial charge in [-0.25, -0.2) is 0 Å². The highest BCUT2D eigenvalue weighted by Crippen LogP contribution is 1.98. The average Bonchev–Trinajstić information content (AvgIpc) is 2.03. The fraction of sp³-hybridized carbons (Fsp3) is 0. The zero-order valence-electron chi connectivity index (χ0n) is 5.23. The fourth-order valence-electron chi connectivity index (χ4n) is 0.575. The Morgan fingerprint density at radius 3 is 2.60 bits per heavy atom. The van der Waals surface area contributed by atoms with Gasteiger partial charge in [0.15, 0.2) is 0 Å². The van der Waals surface area contributed by atoms with Crippen molar-refractivity contribution in [3.8, 4) is 6.19 Å². The van der Waals surface area contributed by atoms with Crippen LogP contribution in [0.25, 0.3) is 0 Å². The van der Waals surface area contributed by atoms with Crippen LogP contribution in [-0.2, 0) is 0 Å². The first-order valence-corrected chi connectivity index (χ1v) is 3.63. The van der Waals surface area contributed by atoms with Gasteiger partial charge in [0.25, 0.3) is 0 Å². The summed E-state index contributed by atoms with van der Waals surface area (Å²) in [7, 11) is 0.726. The summed E-state index contributed by atoms with van der Waals surface area (Å²) < 4.78 is 3.52. The Kier molecular flexibility index (Phi) is 2.61. The smallest absolute Gasteiger partial charge is 0.170 e. The monoisotopic (exact) mass is 148 g/mol. The Bertz CT molecular complexity index is 261. The summed E-state index contributed by atoms with van der Waals surface area (Å²) >= 11 is 0. The summed E-state index contributed by atoms with van der Waals surface area (Å²) in [4.78, 5) is 0. The maximum absolute atomic E-state index is 8.10. The summed E-state index contributed by atoms with van der Waals surface area (Å²) in [6.45, 7) is 0. The van der Waals surface area contributed by atoms with E-state index in [1.165, 1.54) is 0 Å². The molecule has 0 spiro atoms.